The maximum absolute atomic E-state index is 12.8. The van der Waals surface area contributed by atoms with Crippen molar-refractivity contribution in [3.05, 3.63) is 48.5 Å². The molecule has 3 rings (SSSR count). The summed E-state index contributed by atoms with van der Waals surface area (Å²) in [5.41, 5.74) is 5.46. The number of imidazole rings is 1. The molecule has 2 heterocycles. The Morgan fingerprint density at radius 3 is 2.72 bits per heavy atom. The Balaban J connectivity index is 1.60. The number of benzene rings is 1. The molecule has 1 aliphatic rings. The summed E-state index contributed by atoms with van der Waals surface area (Å²) in [5.74, 6) is 1.68. The van der Waals surface area contributed by atoms with Crippen LogP contribution < -0.4 is 10.5 Å². The molecule has 2 atom stereocenters. The molecule has 1 aliphatic heterocycles. The number of rotatable bonds is 8. The first-order valence-corrected chi connectivity index (χ1v) is 10.2. The van der Waals surface area contributed by atoms with Gasteiger partial charge in [-0.15, -0.1) is 0 Å². The number of carbonyl (C=O) groups excluding carboxylic acids is 2. The highest BCUT2D eigenvalue weighted by Gasteiger charge is 2.33. The van der Waals surface area contributed by atoms with Gasteiger partial charge in [-0.1, -0.05) is 32.0 Å². The topological polar surface area (TPSA) is 90.4 Å². The van der Waals surface area contributed by atoms with Gasteiger partial charge in [0.2, 0.25) is 11.8 Å². The number of para-hydroxylation sites is 1. The number of aromatic nitrogens is 2. The Kier molecular flexibility index (Phi) is 6.90. The number of hydrogen-bond acceptors (Lipinski definition) is 4. The molecule has 2 amide bonds. The molecule has 1 fully saturated rings. The average molecular weight is 399 g/mol. The zero-order valence-electron chi connectivity index (χ0n) is 17.2. The predicted molar refractivity (Wildman–Crippen MR) is 110 cm³/mol. The van der Waals surface area contributed by atoms with Crippen LogP contribution in [-0.2, 0) is 16.1 Å². The van der Waals surface area contributed by atoms with Crippen molar-refractivity contribution in [2.75, 3.05) is 13.1 Å². The molecule has 1 aromatic heterocycles. The molecule has 0 radical (unpaired) electrons. The van der Waals surface area contributed by atoms with Gasteiger partial charge in [0.1, 0.15) is 17.7 Å². The first kappa shape index (κ1) is 20.9. The number of nitrogens with zero attached hydrogens (tertiary/aromatic N) is 3. The summed E-state index contributed by atoms with van der Waals surface area (Å²) in [7, 11) is 0. The highest BCUT2D eigenvalue weighted by atomic mass is 16.5. The Hall–Kier alpha value is -2.83. The van der Waals surface area contributed by atoms with E-state index >= 15 is 0 Å². The van der Waals surface area contributed by atoms with Gasteiger partial charge in [0.05, 0.1) is 0 Å². The Bertz CT molecular complexity index is 818. The minimum atomic E-state index is -0.369. The third-order valence-electron chi connectivity index (χ3n) is 5.34. The number of likely N-dealkylation sites (tertiary alicyclic amines) is 1. The molecule has 0 saturated carbocycles. The normalized spacial score (nSPS) is 19.3. The number of nitrogens with two attached hydrogens (primary N) is 1. The SMILES string of the molecule is CC(C)c1nccn1CCC(=O)N1CC[C@H](Oc2ccccc2)[C@@H](CC(N)=O)C1. The van der Waals surface area contributed by atoms with Gasteiger partial charge in [-0.05, 0) is 12.1 Å². The fraction of sp³-hybridized carbons (Fsp3) is 0.500. The van der Waals surface area contributed by atoms with E-state index in [1.165, 1.54) is 0 Å². The number of ether oxygens (including phenoxy) is 1. The zero-order chi connectivity index (χ0) is 20.8. The van der Waals surface area contributed by atoms with Gasteiger partial charge in [-0.2, -0.15) is 0 Å². The average Bonchev–Trinajstić information content (AvgIpc) is 3.17. The number of hydrogen-bond donors (Lipinski definition) is 1. The van der Waals surface area contributed by atoms with Crippen molar-refractivity contribution < 1.29 is 14.3 Å². The lowest BCUT2D eigenvalue weighted by Gasteiger charge is -2.38. The standard InChI is InChI=1S/C22H30N4O3/c1-16(2)22-24-10-13-25(22)12-9-21(28)26-11-8-19(17(15-26)14-20(23)27)29-18-6-4-3-5-7-18/h3-7,10,13,16-17,19H,8-9,11-12,14-15H2,1-2H3,(H2,23,27)/t17-,19-/m0/s1. The summed E-state index contributed by atoms with van der Waals surface area (Å²) < 4.78 is 8.14. The van der Waals surface area contributed by atoms with Crippen LogP contribution >= 0.6 is 0 Å². The molecule has 7 nitrogen and oxygen atoms in total. The molecule has 7 heteroatoms. The van der Waals surface area contributed by atoms with Gasteiger partial charge in [-0.25, -0.2) is 4.98 Å². The van der Waals surface area contributed by atoms with E-state index < -0.39 is 0 Å². The van der Waals surface area contributed by atoms with E-state index in [1.54, 1.807) is 6.20 Å². The van der Waals surface area contributed by atoms with E-state index in [0.29, 0.717) is 38.4 Å². The van der Waals surface area contributed by atoms with Gasteiger partial charge in [0, 0.05) is 63.1 Å². The minimum Gasteiger partial charge on any atom is -0.490 e. The van der Waals surface area contributed by atoms with Gasteiger partial charge in [-0.3, -0.25) is 9.59 Å². The summed E-state index contributed by atoms with van der Waals surface area (Å²) in [6.07, 6.45) is 4.85. The van der Waals surface area contributed by atoms with Gasteiger partial charge < -0.3 is 19.9 Å². The predicted octanol–water partition coefficient (Wildman–Crippen LogP) is 2.57. The number of aryl methyl sites for hydroxylation is 1. The van der Waals surface area contributed by atoms with Crippen LogP contribution in [0.1, 0.15) is 44.9 Å². The molecular weight excluding hydrogens is 368 g/mol. The number of piperidine rings is 1. The molecular formula is C22H30N4O3. The maximum atomic E-state index is 12.8. The third kappa shape index (κ3) is 5.59. The van der Waals surface area contributed by atoms with E-state index in [0.717, 1.165) is 11.6 Å². The van der Waals surface area contributed by atoms with Crippen LogP contribution in [0.4, 0.5) is 0 Å². The van der Waals surface area contributed by atoms with E-state index in [4.69, 9.17) is 10.5 Å². The van der Waals surface area contributed by atoms with Crippen LogP contribution in [0.3, 0.4) is 0 Å². The molecule has 29 heavy (non-hydrogen) atoms. The third-order valence-corrected chi connectivity index (χ3v) is 5.34. The molecule has 1 saturated heterocycles. The fourth-order valence-electron chi connectivity index (χ4n) is 3.91. The van der Waals surface area contributed by atoms with Crippen molar-refractivity contribution in [1.29, 1.82) is 0 Å². The zero-order valence-corrected chi connectivity index (χ0v) is 17.2. The summed E-state index contributed by atoms with van der Waals surface area (Å²) in [6.45, 7) is 5.89. The largest absolute Gasteiger partial charge is 0.490 e. The van der Waals surface area contributed by atoms with E-state index in [9.17, 15) is 9.59 Å². The van der Waals surface area contributed by atoms with E-state index in [2.05, 4.69) is 18.8 Å². The molecule has 2 N–H and O–H groups in total. The molecule has 0 unspecified atom stereocenters. The lowest BCUT2D eigenvalue weighted by atomic mass is 9.91. The van der Waals surface area contributed by atoms with Crippen LogP contribution in [0.25, 0.3) is 0 Å². The second kappa shape index (κ2) is 9.58. The maximum Gasteiger partial charge on any atom is 0.224 e. The Labute approximate surface area is 171 Å². The summed E-state index contributed by atoms with van der Waals surface area (Å²) in [5, 5.41) is 0. The Morgan fingerprint density at radius 2 is 2.03 bits per heavy atom. The van der Waals surface area contributed by atoms with Crippen LogP contribution in [0.2, 0.25) is 0 Å². The molecule has 1 aromatic carbocycles. The van der Waals surface area contributed by atoms with Crippen molar-refractivity contribution in [2.24, 2.45) is 11.7 Å². The van der Waals surface area contributed by atoms with Crippen LogP contribution in [0, 0.1) is 5.92 Å². The quantitative estimate of drug-likeness (QED) is 0.740. The monoisotopic (exact) mass is 398 g/mol. The van der Waals surface area contributed by atoms with E-state index in [-0.39, 0.29) is 30.3 Å². The van der Waals surface area contributed by atoms with Crippen molar-refractivity contribution in [3.63, 3.8) is 0 Å². The number of amides is 2. The lowest BCUT2D eigenvalue weighted by Crippen LogP contribution is -2.49. The highest BCUT2D eigenvalue weighted by Crippen LogP contribution is 2.26. The molecule has 2 aromatic rings. The summed E-state index contributed by atoms with van der Waals surface area (Å²) >= 11 is 0. The molecule has 0 spiro atoms. The van der Waals surface area contributed by atoms with Crippen LogP contribution in [0.15, 0.2) is 42.7 Å². The van der Waals surface area contributed by atoms with Crippen molar-refractivity contribution in [1.82, 2.24) is 14.5 Å². The molecule has 156 valence electrons. The van der Waals surface area contributed by atoms with E-state index in [1.807, 2.05) is 46.0 Å². The first-order chi connectivity index (χ1) is 13.9. The Morgan fingerprint density at radius 1 is 1.28 bits per heavy atom. The van der Waals surface area contributed by atoms with Crippen LogP contribution in [0.5, 0.6) is 5.75 Å². The van der Waals surface area contributed by atoms with Crippen molar-refractivity contribution in [2.45, 2.75) is 51.7 Å². The highest BCUT2D eigenvalue weighted by molar-refractivity contribution is 5.77. The fourth-order valence-corrected chi connectivity index (χ4v) is 3.91. The first-order valence-electron chi connectivity index (χ1n) is 10.2. The summed E-state index contributed by atoms with van der Waals surface area (Å²) in [4.78, 5) is 30.6. The van der Waals surface area contributed by atoms with Crippen molar-refractivity contribution in [3.8, 4) is 5.75 Å². The van der Waals surface area contributed by atoms with Crippen LogP contribution in [-0.4, -0.2) is 45.5 Å². The summed E-state index contributed by atoms with van der Waals surface area (Å²) in [6, 6.07) is 9.56. The second-order valence-corrected chi connectivity index (χ2v) is 7.91. The van der Waals surface area contributed by atoms with Crippen molar-refractivity contribution >= 4 is 11.8 Å². The minimum absolute atomic E-state index is 0.0843. The number of primary amides is 1. The second-order valence-electron chi connectivity index (χ2n) is 7.91. The van der Waals surface area contributed by atoms with Gasteiger partial charge >= 0.3 is 0 Å². The van der Waals surface area contributed by atoms with Gasteiger partial charge in [0.15, 0.2) is 0 Å². The molecule has 0 aliphatic carbocycles. The lowest BCUT2D eigenvalue weighted by molar-refractivity contribution is -0.136. The molecule has 0 bridgehead atoms. The smallest absolute Gasteiger partial charge is 0.224 e. The number of carbonyl (C=O) groups is 2. The van der Waals surface area contributed by atoms with Gasteiger partial charge in [0.25, 0.3) is 0 Å².